The highest BCUT2D eigenvalue weighted by Crippen LogP contribution is 2.17. The Morgan fingerprint density at radius 2 is 1.43 bits per heavy atom. The Labute approximate surface area is 129 Å². The number of nitrogens with one attached hydrogen (secondary N) is 1. The van der Waals surface area contributed by atoms with Crippen LogP contribution in [0.15, 0.2) is 0 Å². The van der Waals surface area contributed by atoms with Gasteiger partial charge in [0.15, 0.2) is 0 Å². The summed E-state index contributed by atoms with van der Waals surface area (Å²) in [6.45, 7) is 4.38. The monoisotopic (exact) mass is 298 g/mol. The summed E-state index contributed by atoms with van der Waals surface area (Å²) in [7, 11) is 0. The fourth-order valence-electron chi connectivity index (χ4n) is 2.51. The first kappa shape index (κ1) is 19.9. The summed E-state index contributed by atoms with van der Waals surface area (Å²) in [5.41, 5.74) is 0. The van der Waals surface area contributed by atoms with Gasteiger partial charge in [0, 0.05) is 19.4 Å². The molecule has 4 nitrogen and oxygen atoms in total. The van der Waals surface area contributed by atoms with Crippen molar-refractivity contribution in [1.82, 2.24) is 5.32 Å². The number of rotatable bonds is 14. The van der Waals surface area contributed by atoms with Gasteiger partial charge in [-0.2, -0.15) is 0 Å². The Hall–Kier alpha value is -1.06. The summed E-state index contributed by atoms with van der Waals surface area (Å²) in [5.74, 6) is -1.20. The fraction of sp³-hybridized carbons (Fsp3) is 0.882. The molecule has 0 spiro atoms. The fourth-order valence-corrected chi connectivity index (χ4v) is 2.51. The molecule has 0 fully saturated rings. The number of amides is 1. The zero-order valence-corrected chi connectivity index (χ0v) is 13.8. The molecule has 0 rings (SSSR count). The van der Waals surface area contributed by atoms with Gasteiger partial charge in [-0.25, -0.2) is 0 Å². The summed E-state index contributed by atoms with van der Waals surface area (Å²) in [5, 5.41) is 13.9. The van der Waals surface area contributed by atoms with Gasteiger partial charge >= 0.3 is 0 Å². The first-order valence-electron chi connectivity index (χ1n) is 8.53. The molecule has 124 valence electrons. The Morgan fingerprint density at radius 1 is 0.905 bits per heavy atom. The number of carboxylic acids is 1. The minimum absolute atomic E-state index is 0.00862. The Morgan fingerprint density at radius 3 is 1.95 bits per heavy atom. The van der Waals surface area contributed by atoms with Crippen molar-refractivity contribution >= 4 is 11.9 Å². The lowest BCUT2D eigenvalue weighted by Crippen LogP contribution is -2.31. The third kappa shape index (κ3) is 13.7. The number of carbonyl (C=O) groups is 2. The van der Waals surface area contributed by atoms with Crippen LogP contribution in [0.2, 0.25) is 0 Å². The van der Waals surface area contributed by atoms with Gasteiger partial charge in [0.25, 0.3) is 0 Å². The second-order valence-electron chi connectivity index (χ2n) is 5.90. The van der Waals surface area contributed by atoms with Gasteiger partial charge < -0.3 is 15.2 Å². The predicted molar refractivity (Wildman–Crippen MR) is 83.6 cm³/mol. The van der Waals surface area contributed by atoms with Crippen molar-refractivity contribution in [3.63, 3.8) is 0 Å². The van der Waals surface area contributed by atoms with Crippen LogP contribution < -0.4 is 10.4 Å². The number of hydrogen-bond acceptors (Lipinski definition) is 3. The second-order valence-corrected chi connectivity index (χ2v) is 5.90. The highest BCUT2D eigenvalue weighted by molar-refractivity contribution is 5.72. The molecule has 0 saturated heterocycles. The largest absolute Gasteiger partial charge is 0.550 e. The Kier molecular flexibility index (Phi) is 13.2. The van der Waals surface area contributed by atoms with Crippen molar-refractivity contribution < 1.29 is 14.7 Å². The van der Waals surface area contributed by atoms with Crippen molar-refractivity contribution in [2.75, 3.05) is 6.54 Å². The third-order valence-electron chi connectivity index (χ3n) is 3.84. The summed E-state index contributed by atoms with van der Waals surface area (Å²) in [6.07, 6.45) is 11.3. The molecule has 0 aliphatic rings. The van der Waals surface area contributed by atoms with Crippen molar-refractivity contribution in [3.05, 3.63) is 0 Å². The molecule has 0 aromatic rings. The SMILES string of the molecule is CCCCCCCCC(CCCCCNC(C)=O)C(=O)[O-]. The Balaban J connectivity index is 3.58. The maximum absolute atomic E-state index is 11.1. The number of hydrogen-bond donors (Lipinski definition) is 1. The van der Waals surface area contributed by atoms with Gasteiger partial charge in [0.2, 0.25) is 5.91 Å². The second kappa shape index (κ2) is 13.9. The molecule has 21 heavy (non-hydrogen) atoms. The molecule has 0 aromatic carbocycles. The van der Waals surface area contributed by atoms with Crippen LogP contribution in [0.25, 0.3) is 0 Å². The number of carbonyl (C=O) groups excluding carboxylic acids is 2. The first-order valence-corrected chi connectivity index (χ1v) is 8.53. The standard InChI is InChI=1S/C17H33NO3/c1-3-4-5-6-7-9-12-16(17(20)21)13-10-8-11-14-18-15(2)19/h16H,3-14H2,1-2H3,(H,18,19)(H,20,21)/p-1. The third-order valence-corrected chi connectivity index (χ3v) is 3.84. The van der Waals surface area contributed by atoms with Crippen LogP contribution in [0, 0.1) is 5.92 Å². The maximum Gasteiger partial charge on any atom is 0.216 e. The molecule has 0 aliphatic carbocycles. The van der Waals surface area contributed by atoms with Gasteiger partial charge in [-0.3, -0.25) is 4.79 Å². The highest BCUT2D eigenvalue weighted by Gasteiger charge is 2.09. The van der Waals surface area contributed by atoms with Crippen LogP contribution in [0.4, 0.5) is 0 Å². The lowest BCUT2D eigenvalue weighted by atomic mass is 9.94. The van der Waals surface area contributed by atoms with E-state index >= 15 is 0 Å². The zero-order valence-electron chi connectivity index (χ0n) is 13.8. The van der Waals surface area contributed by atoms with Gasteiger partial charge in [-0.1, -0.05) is 58.3 Å². The van der Waals surface area contributed by atoms with Gasteiger partial charge in [-0.05, 0) is 25.2 Å². The van der Waals surface area contributed by atoms with Crippen molar-refractivity contribution in [2.24, 2.45) is 5.92 Å². The number of unbranched alkanes of at least 4 members (excludes halogenated alkanes) is 7. The van der Waals surface area contributed by atoms with Crippen LogP contribution in [-0.4, -0.2) is 18.4 Å². The van der Waals surface area contributed by atoms with Crippen molar-refractivity contribution in [3.8, 4) is 0 Å². The van der Waals surface area contributed by atoms with E-state index in [0.717, 1.165) is 38.5 Å². The van der Waals surface area contributed by atoms with Crippen LogP contribution in [-0.2, 0) is 9.59 Å². The molecule has 1 N–H and O–H groups in total. The van der Waals surface area contributed by atoms with Crippen LogP contribution in [0.3, 0.4) is 0 Å². The highest BCUT2D eigenvalue weighted by atomic mass is 16.4. The molecule has 4 heteroatoms. The quantitative estimate of drug-likeness (QED) is 0.501. The lowest BCUT2D eigenvalue weighted by Gasteiger charge is -2.17. The Bertz CT molecular complexity index is 279. The molecule has 0 heterocycles. The van der Waals surface area contributed by atoms with E-state index in [4.69, 9.17) is 0 Å². The van der Waals surface area contributed by atoms with E-state index in [0.29, 0.717) is 13.0 Å². The summed E-state index contributed by atoms with van der Waals surface area (Å²) in [6, 6.07) is 0. The maximum atomic E-state index is 11.1. The number of aliphatic carboxylic acids is 1. The summed E-state index contributed by atoms with van der Waals surface area (Å²) >= 11 is 0. The smallest absolute Gasteiger partial charge is 0.216 e. The number of carboxylic acid groups (broad SMARTS) is 1. The van der Waals surface area contributed by atoms with Gasteiger partial charge in [-0.15, -0.1) is 0 Å². The zero-order chi connectivity index (χ0) is 15.9. The van der Waals surface area contributed by atoms with Crippen LogP contribution in [0.1, 0.15) is 84.5 Å². The normalized spacial score (nSPS) is 12.1. The molecule has 1 unspecified atom stereocenters. The topological polar surface area (TPSA) is 69.2 Å². The molecule has 1 amide bonds. The van der Waals surface area contributed by atoms with Crippen molar-refractivity contribution in [1.29, 1.82) is 0 Å². The van der Waals surface area contributed by atoms with Crippen LogP contribution >= 0.6 is 0 Å². The summed E-state index contributed by atoms with van der Waals surface area (Å²) in [4.78, 5) is 21.8. The average molecular weight is 298 g/mol. The van der Waals surface area contributed by atoms with E-state index in [1.54, 1.807) is 0 Å². The van der Waals surface area contributed by atoms with E-state index in [-0.39, 0.29) is 11.8 Å². The average Bonchev–Trinajstić information content (AvgIpc) is 2.43. The minimum atomic E-state index is -0.898. The molecule has 0 aromatic heterocycles. The first-order chi connectivity index (χ1) is 10.1. The molecule has 1 atom stereocenters. The van der Waals surface area contributed by atoms with E-state index in [1.165, 1.54) is 32.6 Å². The lowest BCUT2D eigenvalue weighted by molar-refractivity contribution is -0.312. The van der Waals surface area contributed by atoms with E-state index in [1.807, 2.05) is 0 Å². The van der Waals surface area contributed by atoms with E-state index in [9.17, 15) is 14.7 Å². The van der Waals surface area contributed by atoms with Crippen molar-refractivity contribution in [2.45, 2.75) is 84.5 Å². The molecular weight excluding hydrogens is 266 g/mol. The van der Waals surface area contributed by atoms with Crippen LogP contribution in [0.5, 0.6) is 0 Å². The van der Waals surface area contributed by atoms with E-state index < -0.39 is 5.97 Å². The molecular formula is C17H32NO3-. The minimum Gasteiger partial charge on any atom is -0.550 e. The predicted octanol–water partition coefficient (Wildman–Crippen LogP) is 2.80. The molecule has 0 aliphatic heterocycles. The van der Waals surface area contributed by atoms with E-state index in [2.05, 4.69) is 12.2 Å². The van der Waals surface area contributed by atoms with Gasteiger partial charge in [0.1, 0.15) is 0 Å². The van der Waals surface area contributed by atoms with Gasteiger partial charge in [0.05, 0.1) is 0 Å². The molecule has 0 saturated carbocycles. The molecule has 0 bridgehead atoms. The summed E-state index contributed by atoms with van der Waals surface area (Å²) < 4.78 is 0. The molecule has 0 radical (unpaired) electrons.